The number of nitrogens with one attached hydrogen (secondary N) is 1. The summed E-state index contributed by atoms with van der Waals surface area (Å²) in [5, 5.41) is 13.1. The quantitative estimate of drug-likeness (QED) is 0.834. The van der Waals surface area contributed by atoms with Crippen LogP contribution >= 0.6 is 0 Å². The smallest absolute Gasteiger partial charge is 0.267 e. The van der Waals surface area contributed by atoms with Crippen LogP contribution in [0.3, 0.4) is 0 Å². The molecule has 94 valence electrons. The van der Waals surface area contributed by atoms with E-state index in [4.69, 9.17) is 0 Å². The second-order valence-electron chi connectivity index (χ2n) is 4.97. The normalized spacial score (nSPS) is 18.9. The van der Waals surface area contributed by atoms with Gasteiger partial charge >= 0.3 is 0 Å². The van der Waals surface area contributed by atoms with Crippen LogP contribution in [0.5, 0.6) is 0 Å². The summed E-state index contributed by atoms with van der Waals surface area (Å²) in [6.07, 6.45) is 6.71. The maximum Gasteiger partial charge on any atom is 0.267 e. The minimum absolute atomic E-state index is 0.114. The highest BCUT2D eigenvalue weighted by molar-refractivity contribution is 5.92. The summed E-state index contributed by atoms with van der Waals surface area (Å²) in [5.41, 5.74) is -0.0663. The molecule has 2 rings (SSSR count). The lowest BCUT2D eigenvalue weighted by atomic mass is 9.85. The molecule has 0 spiro atoms. The Labute approximate surface area is 102 Å². The van der Waals surface area contributed by atoms with Crippen LogP contribution in [0.25, 0.3) is 0 Å². The van der Waals surface area contributed by atoms with Crippen LogP contribution < -0.4 is 5.32 Å². The Morgan fingerprint density at radius 1 is 1.47 bits per heavy atom. The number of aromatic nitrogens is 1. The summed E-state index contributed by atoms with van der Waals surface area (Å²) in [6, 6.07) is 3.62. The van der Waals surface area contributed by atoms with Gasteiger partial charge in [-0.05, 0) is 25.0 Å². The van der Waals surface area contributed by atoms with Gasteiger partial charge in [0.2, 0.25) is 0 Å². The molecule has 0 aliphatic heterocycles. The van der Waals surface area contributed by atoms with E-state index >= 15 is 0 Å². The molecule has 1 saturated carbocycles. The SMILES string of the molecule is Cn1cccc1C(=O)NCC1(O)CCCCC1. The monoisotopic (exact) mass is 236 g/mol. The topological polar surface area (TPSA) is 54.3 Å². The zero-order valence-electron chi connectivity index (χ0n) is 10.3. The van der Waals surface area contributed by atoms with Gasteiger partial charge in [-0.25, -0.2) is 0 Å². The third kappa shape index (κ3) is 2.88. The van der Waals surface area contributed by atoms with E-state index in [2.05, 4.69) is 5.32 Å². The van der Waals surface area contributed by atoms with Gasteiger partial charge < -0.3 is 15.0 Å². The molecule has 1 heterocycles. The van der Waals surface area contributed by atoms with Crippen LogP contribution in [0, 0.1) is 0 Å². The first-order chi connectivity index (χ1) is 8.11. The fourth-order valence-electron chi connectivity index (χ4n) is 2.42. The predicted octanol–water partition coefficient (Wildman–Crippen LogP) is 1.45. The zero-order chi connectivity index (χ0) is 12.3. The van der Waals surface area contributed by atoms with Crippen LogP contribution in [-0.2, 0) is 7.05 Å². The Hall–Kier alpha value is -1.29. The lowest BCUT2D eigenvalue weighted by Crippen LogP contribution is -2.44. The minimum Gasteiger partial charge on any atom is -0.388 e. The molecule has 0 radical (unpaired) electrons. The molecule has 4 heteroatoms. The highest BCUT2D eigenvalue weighted by atomic mass is 16.3. The van der Waals surface area contributed by atoms with Gasteiger partial charge in [0.15, 0.2) is 0 Å². The molecule has 0 atom stereocenters. The number of hydrogen-bond acceptors (Lipinski definition) is 2. The van der Waals surface area contributed by atoms with E-state index in [1.807, 2.05) is 19.3 Å². The number of hydrogen-bond donors (Lipinski definition) is 2. The van der Waals surface area contributed by atoms with Crippen LogP contribution in [0.15, 0.2) is 18.3 Å². The predicted molar refractivity (Wildman–Crippen MR) is 65.8 cm³/mol. The van der Waals surface area contributed by atoms with E-state index in [0.717, 1.165) is 25.7 Å². The molecule has 0 aromatic carbocycles. The van der Waals surface area contributed by atoms with Crippen LogP contribution in [0.1, 0.15) is 42.6 Å². The standard InChI is InChI=1S/C13H20N2O2/c1-15-9-5-6-11(15)12(16)14-10-13(17)7-3-2-4-8-13/h5-6,9,17H,2-4,7-8,10H2,1H3,(H,14,16). The summed E-state index contributed by atoms with van der Waals surface area (Å²) in [6.45, 7) is 0.358. The lowest BCUT2D eigenvalue weighted by Gasteiger charge is -2.32. The van der Waals surface area contributed by atoms with Gasteiger partial charge in [-0.15, -0.1) is 0 Å². The molecule has 2 N–H and O–H groups in total. The van der Waals surface area contributed by atoms with Crippen LogP contribution in [-0.4, -0.2) is 27.7 Å². The fourth-order valence-corrected chi connectivity index (χ4v) is 2.42. The van der Waals surface area contributed by atoms with Crippen LogP contribution in [0.4, 0.5) is 0 Å². The van der Waals surface area contributed by atoms with Gasteiger partial charge in [0, 0.05) is 19.8 Å². The van der Waals surface area contributed by atoms with E-state index < -0.39 is 5.60 Å². The van der Waals surface area contributed by atoms with Gasteiger partial charge in [-0.3, -0.25) is 4.79 Å². The zero-order valence-corrected chi connectivity index (χ0v) is 10.3. The van der Waals surface area contributed by atoms with E-state index in [1.165, 1.54) is 6.42 Å². The number of carbonyl (C=O) groups is 1. The summed E-state index contributed by atoms with van der Waals surface area (Å²) in [4.78, 5) is 11.9. The van der Waals surface area contributed by atoms with Gasteiger partial charge in [-0.1, -0.05) is 19.3 Å². The maximum absolute atomic E-state index is 11.9. The number of nitrogens with zero attached hydrogens (tertiary/aromatic N) is 1. The van der Waals surface area contributed by atoms with E-state index in [-0.39, 0.29) is 5.91 Å². The molecule has 0 unspecified atom stereocenters. The summed E-state index contributed by atoms with van der Waals surface area (Å²) in [7, 11) is 1.84. The fraction of sp³-hybridized carbons (Fsp3) is 0.615. The first-order valence-corrected chi connectivity index (χ1v) is 6.23. The molecule has 1 amide bonds. The number of aryl methyl sites for hydroxylation is 1. The molecule has 0 bridgehead atoms. The van der Waals surface area contributed by atoms with E-state index in [9.17, 15) is 9.90 Å². The van der Waals surface area contributed by atoms with Crippen LogP contribution in [0.2, 0.25) is 0 Å². The largest absolute Gasteiger partial charge is 0.388 e. The van der Waals surface area contributed by atoms with Gasteiger partial charge in [0.25, 0.3) is 5.91 Å². The van der Waals surface area contributed by atoms with Crippen molar-refractivity contribution in [3.8, 4) is 0 Å². The molecule has 1 aromatic rings. The lowest BCUT2D eigenvalue weighted by molar-refractivity contribution is 0.00518. The van der Waals surface area contributed by atoms with Crippen molar-refractivity contribution in [1.82, 2.24) is 9.88 Å². The number of rotatable bonds is 3. The average Bonchev–Trinajstić information content (AvgIpc) is 2.74. The molecule has 1 aliphatic carbocycles. The Balaban J connectivity index is 1.90. The minimum atomic E-state index is -0.695. The molecule has 1 aliphatic rings. The maximum atomic E-state index is 11.9. The van der Waals surface area contributed by atoms with Crippen molar-refractivity contribution in [2.24, 2.45) is 7.05 Å². The third-order valence-electron chi connectivity index (χ3n) is 3.54. The highest BCUT2D eigenvalue weighted by Crippen LogP contribution is 2.27. The van der Waals surface area contributed by atoms with Crippen molar-refractivity contribution in [3.05, 3.63) is 24.0 Å². The second kappa shape index (κ2) is 4.92. The van der Waals surface area contributed by atoms with Crippen molar-refractivity contribution < 1.29 is 9.90 Å². The first-order valence-electron chi connectivity index (χ1n) is 6.23. The molecule has 1 fully saturated rings. The first kappa shape index (κ1) is 12.2. The van der Waals surface area contributed by atoms with Gasteiger partial charge in [0.1, 0.15) is 5.69 Å². The second-order valence-corrected chi connectivity index (χ2v) is 4.97. The van der Waals surface area contributed by atoms with Crippen molar-refractivity contribution in [2.75, 3.05) is 6.54 Å². The average molecular weight is 236 g/mol. The van der Waals surface area contributed by atoms with Crippen molar-refractivity contribution >= 4 is 5.91 Å². The summed E-state index contributed by atoms with van der Waals surface area (Å²) >= 11 is 0. The van der Waals surface area contributed by atoms with Crippen molar-refractivity contribution in [1.29, 1.82) is 0 Å². The highest BCUT2D eigenvalue weighted by Gasteiger charge is 2.29. The van der Waals surface area contributed by atoms with E-state index in [1.54, 1.807) is 10.6 Å². The molecule has 0 saturated heterocycles. The Morgan fingerprint density at radius 3 is 2.76 bits per heavy atom. The molecule has 4 nitrogen and oxygen atoms in total. The molecular formula is C13H20N2O2. The van der Waals surface area contributed by atoms with Crippen molar-refractivity contribution in [3.63, 3.8) is 0 Å². The van der Waals surface area contributed by atoms with E-state index in [0.29, 0.717) is 12.2 Å². The summed E-state index contributed by atoms with van der Waals surface area (Å²) in [5.74, 6) is -0.114. The number of aliphatic hydroxyl groups is 1. The molecule has 17 heavy (non-hydrogen) atoms. The summed E-state index contributed by atoms with van der Waals surface area (Å²) < 4.78 is 1.78. The number of carbonyl (C=O) groups excluding carboxylic acids is 1. The van der Waals surface area contributed by atoms with Gasteiger partial charge in [-0.2, -0.15) is 0 Å². The number of amides is 1. The third-order valence-corrected chi connectivity index (χ3v) is 3.54. The molecular weight excluding hydrogens is 216 g/mol. The Bertz CT molecular complexity index is 392. The Morgan fingerprint density at radius 2 is 2.18 bits per heavy atom. The van der Waals surface area contributed by atoms with Crippen molar-refractivity contribution in [2.45, 2.75) is 37.7 Å². The molecule has 1 aromatic heterocycles. The van der Waals surface area contributed by atoms with Gasteiger partial charge in [0.05, 0.1) is 5.60 Å². The Kier molecular flexibility index (Phi) is 3.52.